The van der Waals surface area contributed by atoms with Gasteiger partial charge in [-0.15, -0.1) is 0 Å². The number of pyridine rings is 1. The molecule has 30 heavy (non-hydrogen) atoms. The van der Waals surface area contributed by atoms with Crippen LogP contribution < -0.4 is 4.90 Å². The third-order valence-electron chi connectivity index (χ3n) is 6.02. The van der Waals surface area contributed by atoms with Gasteiger partial charge in [0.05, 0.1) is 16.8 Å². The van der Waals surface area contributed by atoms with E-state index >= 15 is 0 Å². The Morgan fingerprint density at radius 3 is 2.60 bits per heavy atom. The van der Waals surface area contributed by atoms with Gasteiger partial charge in [-0.05, 0) is 38.7 Å². The first kappa shape index (κ1) is 21.1. The average molecular weight is 431 g/mol. The number of nitrogens with zero attached hydrogens (tertiary/aromatic N) is 6. The van der Waals surface area contributed by atoms with E-state index in [1.165, 1.54) is 12.0 Å². The predicted octanol–water partition coefficient (Wildman–Crippen LogP) is 3.29. The Balaban J connectivity index is 1.38. The average Bonchev–Trinajstić information content (AvgIpc) is 3.11. The summed E-state index contributed by atoms with van der Waals surface area (Å²) in [5.41, 5.74) is 1.84. The molecule has 162 valence electrons. The zero-order valence-electron chi connectivity index (χ0n) is 17.8. The van der Waals surface area contributed by atoms with E-state index in [0.717, 1.165) is 77.4 Å². The molecule has 0 aromatic carbocycles. The van der Waals surface area contributed by atoms with Crippen LogP contribution in [0, 0.1) is 0 Å². The SMILES string of the molecule is CCn1cc(CN2CCCN(c3ncc(C(=O)N4CCCCC4)cc3Cl)CC2)cn1. The zero-order chi connectivity index (χ0) is 20.9. The largest absolute Gasteiger partial charge is 0.354 e. The van der Waals surface area contributed by atoms with Crippen LogP contribution in [0.3, 0.4) is 0 Å². The van der Waals surface area contributed by atoms with E-state index in [1.807, 2.05) is 15.8 Å². The molecule has 0 bridgehead atoms. The number of anilines is 1. The number of halogens is 1. The molecule has 8 heteroatoms. The summed E-state index contributed by atoms with van der Waals surface area (Å²) in [6, 6.07) is 1.79. The Morgan fingerprint density at radius 1 is 1.03 bits per heavy atom. The molecule has 7 nitrogen and oxygen atoms in total. The highest BCUT2D eigenvalue weighted by Crippen LogP contribution is 2.26. The molecule has 2 fully saturated rings. The molecule has 0 atom stereocenters. The van der Waals surface area contributed by atoms with Crippen molar-refractivity contribution < 1.29 is 4.79 Å². The van der Waals surface area contributed by atoms with Crippen LogP contribution in [-0.4, -0.2) is 69.7 Å². The molecule has 0 aliphatic carbocycles. The van der Waals surface area contributed by atoms with E-state index < -0.39 is 0 Å². The fourth-order valence-electron chi connectivity index (χ4n) is 4.32. The van der Waals surface area contributed by atoms with Crippen LogP contribution in [-0.2, 0) is 13.1 Å². The van der Waals surface area contributed by atoms with Gasteiger partial charge in [0, 0.05) is 70.3 Å². The molecule has 0 unspecified atom stereocenters. The van der Waals surface area contributed by atoms with Crippen molar-refractivity contribution in [2.24, 2.45) is 0 Å². The first-order valence-electron chi connectivity index (χ1n) is 11.1. The molecule has 0 radical (unpaired) electrons. The number of hydrogen-bond donors (Lipinski definition) is 0. The fourth-order valence-corrected chi connectivity index (χ4v) is 4.61. The number of likely N-dealkylation sites (tertiary alicyclic amines) is 1. The van der Waals surface area contributed by atoms with Crippen LogP contribution in [0.15, 0.2) is 24.7 Å². The lowest BCUT2D eigenvalue weighted by Gasteiger charge is -2.27. The molecule has 2 saturated heterocycles. The van der Waals surface area contributed by atoms with Crippen LogP contribution in [0.2, 0.25) is 5.02 Å². The van der Waals surface area contributed by atoms with Gasteiger partial charge in [0.25, 0.3) is 5.91 Å². The molecule has 1 amide bonds. The Morgan fingerprint density at radius 2 is 1.87 bits per heavy atom. The van der Waals surface area contributed by atoms with Gasteiger partial charge in [-0.25, -0.2) is 4.98 Å². The molecular weight excluding hydrogens is 400 g/mol. The number of amides is 1. The van der Waals surface area contributed by atoms with Crippen molar-refractivity contribution in [2.75, 3.05) is 44.2 Å². The molecule has 4 rings (SSSR count). The first-order valence-corrected chi connectivity index (χ1v) is 11.5. The minimum atomic E-state index is 0.0466. The van der Waals surface area contributed by atoms with E-state index in [-0.39, 0.29) is 5.91 Å². The standard InChI is InChI=1S/C22H31ClN6O/c1-2-29-17-18(14-25-29)16-26-7-6-10-27(12-11-26)21-20(23)13-19(15-24-21)22(30)28-8-4-3-5-9-28/h13-15,17H,2-12,16H2,1H3. The molecule has 0 spiro atoms. The Labute approximate surface area is 183 Å². The summed E-state index contributed by atoms with van der Waals surface area (Å²) in [4.78, 5) is 24.0. The second-order valence-corrected chi connectivity index (χ2v) is 8.61. The molecule has 2 aliphatic rings. The molecule has 0 N–H and O–H groups in total. The number of aryl methyl sites for hydroxylation is 1. The van der Waals surface area contributed by atoms with Crippen molar-refractivity contribution in [1.82, 2.24) is 24.6 Å². The lowest BCUT2D eigenvalue weighted by atomic mass is 10.1. The number of carbonyl (C=O) groups excluding carboxylic acids is 1. The number of carbonyl (C=O) groups is 1. The van der Waals surface area contributed by atoms with Gasteiger partial charge >= 0.3 is 0 Å². The van der Waals surface area contributed by atoms with Crippen LogP contribution in [0.5, 0.6) is 0 Å². The van der Waals surface area contributed by atoms with Gasteiger partial charge < -0.3 is 9.80 Å². The van der Waals surface area contributed by atoms with E-state index in [0.29, 0.717) is 10.6 Å². The Bertz CT molecular complexity index is 863. The number of aromatic nitrogens is 3. The summed E-state index contributed by atoms with van der Waals surface area (Å²) in [6.45, 7) is 9.34. The van der Waals surface area contributed by atoms with E-state index in [1.54, 1.807) is 12.3 Å². The van der Waals surface area contributed by atoms with E-state index in [9.17, 15) is 4.79 Å². The zero-order valence-corrected chi connectivity index (χ0v) is 18.5. The second-order valence-electron chi connectivity index (χ2n) is 8.20. The number of hydrogen-bond acceptors (Lipinski definition) is 5. The fraction of sp³-hybridized carbons (Fsp3) is 0.591. The summed E-state index contributed by atoms with van der Waals surface area (Å²) < 4.78 is 1.97. The minimum absolute atomic E-state index is 0.0466. The van der Waals surface area contributed by atoms with Gasteiger partial charge in [0.2, 0.25) is 0 Å². The number of piperidine rings is 1. The monoisotopic (exact) mass is 430 g/mol. The van der Waals surface area contributed by atoms with E-state index in [2.05, 4.69) is 33.0 Å². The maximum absolute atomic E-state index is 12.7. The minimum Gasteiger partial charge on any atom is -0.354 e. The summed E-state index contributed by atoms with van der Waals surface area (Å²) >= 11 is 6.58. The third-order valence-corrected chi connectivity index (χ3v) is 6.30. The summed E-state index contributed by atoms with van der Waals surface area (Å²) in [7, 11) is 0. The Kier molecular flexibility index (Phi) is 6.89. The van der Waals surface area contributed by atoms with Crippen molar-refractivity contribution in [3.63, 3.8) is 0 Å². The lowest BCUT2D eigenvalue weighted by Crippen LogP contribution is -2.35. The van der Waals surface area contributed by atoms with Crippen LogP contribution in [0.25, 0.3) is 0 Å². The van der Waals surface area contributed by atoms with Crippen molar-refractivity contribution in [3.05, 3.63) is 40.8 Å². The normalized spacial score (nSPS) is 18.5. The molecule has 0 saturated carbocycles. The van der Waals surface area contributed by atoms with Crippen LogP contribution >= 0.6 is 11.6 Å². The molecule has 2 aromatic heterocycles. The molecule has 4 heterocycles. The van der Waals surface area contributed by atoms with Crippen molar-refractivity contribution in [2.45, 2.75) is 45.7 Å². The van der Waals surface area contributed by atoms with Crippen LogP contribution in [0.1, 0.15) is 48.5 Å². The summed E-state index contributed by atoms with van der Waals surface area (Å²) in [5.74, 6) is 0.831. The van der Waals surface area contributed by atoms with Gasteiger partial charge in [0.15, 0.2) is 0 Å². The maximum atomic E-state index is 12.7. The highest BCUT2D eigenvalue weighted by atomic mass is 35.5. The van der Waals surface area contributed by atoms with Gasteiger partial charge in [-0.3, -0.25) is 14.4 Å². The van der Waals surface area contributed by atoms with Gasteiger partial charge in [0.1, 0.15) is 5.82 Å². The third kappa shape index (κ3) is 4.95. The van der Waals surface area contributed by atoms with Gasteiger partial charge in [-0.2, -0.15) is 5.10 Å². The van der Waals surface area contributed by atoms with Crippen molar-refractivity contribution >= 4 is 23.3 Å². The maximum Gasteiger partial charge on any atom is 0.255 e. The Hall–Kier alpha value is -2.12. The van der Waals surface area contributed by atoms with E-state index in [4.69, 9.17) is 11.6 Å². The molecule has 2 aromatic rings. The first-order chi connectivity index (χ1) is 14.6. The highest BCUT2D eigenvalue weighted by Gasteiger charge is 2.22. The second kappa shape index (κ2) is 9.79. The highest BCUT2D eigenvalue weighted by molar-refractivity contribution is 6.33. The smallest absolute Gasteiger partial charge is 0.255 e. The topological polar surface area (TPSA) is 57.5 Å². The number of rotatable bonds is 5. The summed E-state index contributed by atoms with van der Waals surface area (Å²) in [6.07, 6.45) is 10.2. The lowest BCUT2D eigenvalue weighted by molar-refractivity contribution is 0.0724. The molecule has 2 aliphatic heterocycles. The predicted molar refractivity (Wildman–Crippen MR) is 119 cm³/mol. The molecular formula is C22H31ClN6O. The quantitative estimate of drug-likeness (QED) is 0.728. The van der Waals surface area contributed by atoms with Gasteiger partial charge in [-0.1, -0.05) is 11.6 Å². The van der Waals surface area contributed by atoms with Crippen molar-refractivity contribution in [3.8, 4) is 0 Å². The van der Waals surface area contributed by atoms with Crippen LogP contribution in [0.4, 0.5) is 5.82 Å². The van der Waals surface area contributed by atoms with Crippen molar-refractivity contribution in [1.29, 1.82) is 0 Å². The summed E-state index contributed by atoms with van der Waals surface area (Å²) in [5, 5.41) is 4.94.